The maximum atomic E-state index is 5.80. The zero-order valence-electron chi connectivity index (χ0n) is 16.1. The van der Waals surface area contributed by atoms with E-state index in [0.29, 0.717) is 12.5 Å². The fourth-order valence-electron chi connectivity index (χ4n) is 3.89. The van der Waals surface area contributed by atoms with E-state index in [2.05, 4.69) is 20.3 Å². The van der Waals surface area contributed by atoms with Gasteiger partial charge < -0.3 is 15.9 Å². The first-order valence-corrected chi connectivity index (χ1v) is 9.34. The van der Waals surface area contributed by atoms with E-state index < -0.39 is 0 Å². The standard InChI is InChI=1S/C14H24NO2.C5H10.Fe.Li/c1-4-14(5-2,16-3)12-10-17-13(15-12)11-8-6-7-9-11;1-2-4-5-3-1;;/h8,11-12H,4-7,9-10H2,1-3H3;1-5H2;;/q-1;;+2;+1/t11?,12-;;;/m0.../s1. The van der Waals surface area contributed by atoms with Gasteiger partial charge in [0.15, 0.2) is 5.90 Å². The normalized spacial score (nSPS) is 25.7. The molecule has 0 aromatic rings. The fourth-order valence-corrected chi connectivity index (χ4v) is 3.89. The van der Waals surface area contributed by atoms with Gasteiger partial charge in [0.25, 0.3) is 0 Å². The number of rotatable bonds is 5. The van der Waals surface area contributed by atoms with Gasteiger partial charge in [-0.2, -0.15) is 6.42 Å². The van der Waals surface area contributed by atoms with Crippen LogP contribution in [0, 0.1) is 12.3 Å². The van der Waals surface area contributed by atoms with E-state index in [1.165, 1.54) is 51.4 Å². The van der Waals surface area contributed by atoms with E-state index in [4.69, 9.17) is 14.5 Å². The van der Waals surface area contributed by atoms with Crippen LogP contribution in [0.5, 0.6) is 0 Å². The molecule has 1 unspecified atom stereocenters. The number of hydrogen-bond acceptors (Lipinski definition) is 3. The van der Waals surface area contributed by atoms with Crippen LogP contribution in [0.15, 0.2) is 4.99 Å². The molecule has 3 nitrogen and oxygen atoms in total. The molecule has 1 heterocycles. The van der Waals surface area contributed by atoms with Crippen molar-refractivity contribution in [2.75, 3.05) is 13.7 Å². The molecule has 0 radical (unpaired) electrons. The summed E-state index contributed by atoms with van der Waals surface area (Å²) < 4.78 is 11.5. The monoisotopic (exact) mass is 371 g/mol. The third kappa shape index (κ3) is 6.37. The first-order chi connectivity index (χ1) is 10.8. The summed E-state index contributed by atoms with van der Waals surface area (Å²) in [5, 5.41) is 0. The first kappa shape index (κ1) is 24.5. The largest absolute Gasteiger partial charge is 2.00 e. The summed E-state index contributed by atoms with van der Waals surface area (Å²) in [7, 11) is 1.79. The molecule has 3 rings (SSSR count). The van der Waals surface area contributed by atoms with Crippen molar-refractivity contribution in [3.63, 3.8) is 0 Å². The van der Waals surface area contributed by atoms with Crippen LogP contribution < -0.4 is 18.9 Å². The Labute approximate surface area is 171 Å². The van der Waals surface area contributed by atoms with Gasteiger partial charge in [-0.1, -0.05) is 64.7 Å². The van der Waals surface area contributed by atoms with Gasteiger partial charge in [0, 0.05) is 7.11 Å². The van der Waals surface area contributed by atoms with Crippen molar-refractivity contribution >= 4 is 5.90 Å². The summed E-state index contributed by atoms with van der Waals surface area (Å²) in [5.74, 6) is 1.42. The van der Waals surface area contributed by atoms with Gasteiger partial charge in [-0.25, -0.2) is 4.99 Å². The van der Waals surface area contributed by atoms with E-state index in [1.807, 2.05) is 0 Å². The molecule has 0 aromatic carbocycles. The summed E-state index contributed by atoms with van der Waals surface area (Å²) in [6, 6.07) is 0.173. The second kappa shape index (κ2) is 12.8. The topological polar surface area (TPSA) is 30.8 Å². The van der Waals surface area contributed by atoms with Gasteiger partial charge in [0.1, 0.15) is 12.6 Å². The molecule has 134 valence electrons. The van der Waals surface area contributed by atoms with E-state index >= 15 is 0 Å². The van der Waals surface area contributed by atoms with Crippen LogP contribution in [0.4, 0.5) is 0 Å². The molecule has 24 heavy (non-hydrogen) atoms. The van der Waals surface area contributed by atoms with Crippen molar-refractivity contribution in [2.45, 2.75) is 89.7 Å². The third-order valence-electron chi connectivity index (χ3n) is 5.62. The predicted octanol–water partition coefficient (Wildman–Crippen LogP) is 1.95. The summed E-state index contributed by atoms with van der Waals surface area (Å²) in [4.78, 5) is 4.79. The SMILES string of the molecule is C1CCCC1.CCC(CC)(OC)[C@@H]1COC(C2[CH-]CCC2)=N1.[Fe+2].[Li+]. The number of hydrogen-bond donors (Lipinski definition) is 0. The fraction of sp³-hybridized carbons (Fsp3) is 0.895. The van der Waals surface area contributed by atoms with Crippen molar-refractivity contribution in [3.8, 4) is 0 Å². The zero-order chi connectivity index (χ0) is 15.8. The van der Waals surface area contributed by atoms with Crippen LogP contribution in [0.1, 0.15) is 78.1 Å². The second-order valence-electron chi connectivity index (χ2n) is 6.81. The molecule has 0 bridgehead atoms. The van der Waals surface area contributed by atoms with Crippen LogP contribution in [0.25, 0.3) is 0 Å². The maximum Gasteiger partial charge on any atom is 2.00 e. The Morgan fingerprint density at radius 2 is 1.71 bits per heavy atom. The summed E-state index contributed by atoms with van der Waals surface area (Å²) in [6.45, 7) is 5.03. The Balaban J connectivity index is 0.000000652. The van der Waals surface area contributed by atoms with Gasteiger partial charge in [0.05, 0.1) is 5.60 Å². The minimum atomic E-state index is -0.139. The zero-order valence-corrected chi connectivity index (χ0v) is 17.2. The van der Waals surface area contributed by atoms with E-state index in [-0.39, 0.29) is 47.6 Å². The molecule has 2 saturated carbocycles. The summed E-state index contributed by atoms with van der Waals surface area (Å²) >= 11 is 0. The van der Waals surface area contributed by atoms with Gasteiger partial charge in [-0.05, 0) is 12.8 Å². The van der Waals surface area contributed by atoms with Crippen LogP contribution in [-0.2, 0) is 26.5 Å². The second-order valence-corrected chi connectivity index (χ2v) is 6.81. The molecule has 2 aliphatic carbocycles. The molecule has 1 aliphatic heterocycles. The van der Waals surface area contributed by atoms with Gasteiger partial charge in [-0.3, -0.25) is 0 Å². The Hall–Kier alpha value is 0.547. The Bertz CT molecular complexity index is 335. The molecule has 2 atom stereocenters. The Kier molecular flexibility index (Phi) is 13.1. The predicted molar refractivity (Wildman–Crippen MR) is 92.2 cm³/mol. The minimum Gasteiger partial charge on any atom is -0.481 e. The molecular formula is C19H34FeLiNO2+2. The molecule has 0 aromatic heterocycles. The van der Waals surface area contributed by atoms with Crippen molar-refractivity contribution in [3.05, 3.63) is 6.42 Å². The van der Waals surface area contributed by atoms with Crippen molar-refractivity contribution in [1.82, 2.24) is 0 Å². The molecular weight excluding hydrogens is 337 g/mol. The molecule has 0 amide bonds. The number of ether oxygens (including phenoxy) is 2. The van der Waals surface area contributed by atoms with Crippen molar-refractivity contribution in [1.29, 1.82) is 0 Å². The van der Waals surface area contributed by atoms with Crippen LogP contribution in [-0.4, -0.2) is 31.3 Å². The quantitative estimate of drug-likeness (QED) is 0.546. The summed E-state index contributed by atoms with van der Waals surface area (Å²) in [5.41, 5.74) is -0.139. The molecule has 3 aliphatic rings. The molecule has 0 saturated heterocycles. The van der Waals surface area contributed by atoms with Crippen molar-refractivity contribution < 1.29 is 45.4 Å². The molecule has 5 heteroatoms. The van der Waals surface area contributed by atoms with Crippen LogP contribution in [0.3, 0.4) is 0 Å². The maximum absolute atomic E-state index is 5.80. The van der Waals surface area contributed by atoms with Gasteiger partial charge in [0.2, 0.25) is 0 Å². The number of nitrogens with zero attached hydrogens (tertiary/aromatic N) is 1. The average molecular weight is 371 g/mol. The third-order valence-corrected chi connectivity index (χ3v) is 5.62. The average Bonchev–Trinajstić information content (AvgIpc) is 3.31. The molecule has 0 spiro atoms. The van der Waals surface area contributed by atoms with Gasteiger partial charge >= 0.3 is 35.9 Å². The smallest absolute Gasteiger partial charge is 0.481 e. The van der Waals surface area contributed by atoms with Crippen molar-refractivity contribution in [2.24, 2.45) is 10.9 Å². The number of aliphatic imine (C=N–C) groups is 1. The first-order valence-electron chi connectivity index (χ1n) is 9.34. The van der Waals surface area contributed by atoms with Crippen LogP contribution in [0.2, 0.25) is 0 Å². The summed E-state index contributed by atoms with van der Waals surface area (Å²) in [6.07, 6.45) is 15.5. The Morgan fingerprint density at radius 3 is 2.12 bits per heavy atom. The molecule has 0 N–H and O–H groups in total. The van der Waals surface area contributed by atoms with E-state index in [9.17, 15) is 0 Å². The van der Waals surface area contributed by atoms with E-state index in [1.54, 1.807) is 7.11 Å². The minimum absolute atomic E-state index is 0. The molecule has 2 fully saturated rings. The van der Waals surface area contributed by atoms with Crippen LogP contribution >= 0.6 is 0 Å². The van der Waals surface area contributed by atoms with E-state index in [0.717, 1.165) is 18.7 Å². The Morgan fingerprint density at radius 1 is 1.12 bits per heavy atom. The number of methoxy groups -OCH3 is 1. The van der Waals surface area contributed by atoms with Gasteiger partial charge in [-0.15, -0.1) is 0 Å².